The highest BCUT2D eigenvalue weighted by Gasteiger charge is 2.40. The summed E-state index contributed by atoms with van der Waals surface area (Å²) < 4.78 is 4.72. The Hall–Kier alpha value is -6.88. The van der Waals surface area contributed by atoms with E-state index in [1.54, 1.807) is 11.3 Å². The van der Waals surface area contributed by atoms with Gasteiger partial charge in [-0.2, -0.15) is 0 Å². The first-order chi connectivity index (χ1) is 28.0. The minimum Gasteiger partial charge on any atom is -0.300 e. The van der Waals surface area contributed by atoms with Crippen molar-refractivity contribution in [3.8, 4) is 0 Å². The second-order valence-electron chi connectivity index (χ2n) is 15.8. The van der Waals surface area contributed by atoms with Crippen LogP contribution in [0.1, 0.15) is 30.5 Å². The molecular weight excluding hydrogens is 711 g/mol. The quantitative estimate of drug-likeness (QED) is 0.106. The lowest BCUT2D eigenvalue weighted by Gasteiger charge is -2.25. The van der Waals surface area contributed by atoms with Crippen molar-refractivity contribution >= 4 is 114 Å². The van der Waals surface area contributed by atoms with Crippen LogP contribution in [0.5, 0.6) is 0 Å². The summed E-state index contributed by atoms with van der Waals surface area (Å²) in [7, 11) is 0. The van der Waals surface area contributed by atoms with E-state index < -0.39 is 5.41 Å². The number of benzene rings is 9. The average molecular weight is 746 g/mol. The summed E-state index contributed by atoms with van der Waals surface area (Å²) in [5, 5.41) is 24.9. The Morgan fingerprint density at radius 2 is 1.12 bits per heavy atom. The van der Waals surface area contributed by atoms with E-state index in [2.05, 4.69) is 182 Å². The molecule has 4 heteroatoms. The molecular formula is C53H35N3S. The number of hydrogen-bond donors (Lipinski definition) is 1. The maximum absolute atomic E-state index is 10.1. The third-order valence-corrected chi connectivity index (χ3v) is 13.6. The number of nitrogens with one attached hydrogen (secondary N) is 1. The lowest BCUT2D eigenvalue weighted by molar-refractivity contribution is 0.661. The summed E-state index contributed by atoms with van der Waals surface area (Å²) in [6, 6.07) is 59.0. The first-order valence-electron chi connectivity index (χ1n) is 19.5. The second-order valence-corrected chi connectivity index (χ2v) is 16.9. The van der Waals surface area contributed by atoms with Gasteiger partial charge in [0.05, 0.1) is 22.4 Å². The highest BCUT2D eigenvalue weighted by Crippen LogP contribution is 2.50. The van der Waals surface area contributed by atoms with Gasteiger partial charge < -0.3 is 0 Å². The Morgan fingerprint density at radius 1 is 0.526 bits per heavy atom. The largest absolute Gasteiger partial charge is 0.300 e. The smallest absolute Gasteiger partial charge is 0.100 e. The van der Waals surface area contributed by atoms with Crippen molar-refractivity contribution in [1.82, 2.24) is 4.57 Å². The topological polar surface area (TPSA) is 41.1 Å². The molecule has 0 atom stereocenters. The van der Waals surface area contributed by atoms with Gasteiger partial charge in [0.2, 0.25) is 0 Å². The number of aliphatic imine (C=N–C) groups is 1. The molecule has 2 heterocycles. The third-order valence-electron chi connectivity index (χ3n) is 12.5. The highest BCUT2D eigenvalue weighted by molar-refractivity contribution is 7.25. The lowest BCUT2D eigenvalue weighted by atomic mass is 9.77. The van der Waals surface area contributed by atoms with Crippen LogP contribution in [0, 0.1) is 5.41 Å². The van der Waals surface area contributed by atoms with E-state index in [1.807, 2.05) is 6.34 Å². The summed E-state index contributed by atoms with van der Waals surface area (Å²) in [6.45, 7) is 4.50. The summed E-state index contributed by atoms with van der Waals surface area (Å²) >= 11 is 1.79. The number of aromatic nitrogens is 1. The van der Waals surface area contributed by atoms with Crippen molar-refractivity contribution in [3.05, 3.63) is 186 Å². The van der Waals surface area contributed by atoms with Crippen LogP contribution in [0.2, 0.25) is 0 Å². The van der Waals surface area contributed by atoms with E-state index in [9.17, 15) is 5.41 Å². The standard InChI is InChI=1S/C53H35N3S/c1-53(2)41-23-11-9-20-38(41)52(50(53)51(54)40-22-13-25-45-46(40)39-21-10-12-24-44(39)57-45)55-30-56-42-28-26-31-14-3-4-15-32(31)48(42)49-43(56)29-27-37-35-18-6-5-16-33(35)34-17-7-8-19-36(34)47(37)49/h3-30,54H,1-2H3. The van der Waals surface area contributed by atoms with E-state index in [0.717, 1.165) is 38.8 Å². The molecule has 0 unspecified atom stereocenters. The van der Waals surface area contributed by atoms with Crippen LogP contribution in [-0.2, 0) is 5.41 Å². The highest BCUT2D eigenvalue weighted by atomic mass is 32.1. The van der Waals surface area contributed by atoms with Gasteiger partial charge >= 0.3 is 0 Å². The molecule has 1 N–H and O–H groups in total. The van der Waals surface area contributed by atoms with Gasteiger partial charge in [0.1, 0.15) is 6.34 Å². The molecule has 0 radical (unpaired) electrons. The van der Waals surface area contributed by atoms with Crippen molar-refractivity contribution in [1.29, 1.82) is 5.41 Å². The van der Waals surface area contributed by atoms with Gasteiger partial charge in [-0.05, 0) is 67.5 Å². The molecule has 0 saturated heterocycles. The maximum atomic E-state index is 10.1. The molecule has 0 amide bonds. The Balaban J connectivity index is 1.17. The fourth-order valence-corrected chi connectivity index (χ4v) is 11.1. The molecule has 2 aromatic heterocycles. The van der Waals surface area contributed by atoms with E-state index in [-0.39, 0.29) is 0 Å². The van der Waals surface area contributed by atoms with E-state index in [4.69, 9.17) is 4.99 Å². The molecule has 9 aromatic carbocycles. The average Bonchev–Trinajstić information content (AvgIpc) is 3.87. The van der Waals surface area contributed by atoms with Crippen LogP contribution in [0.25, 0.3) is 90.8 Å². The molecule has 57 heavy (non-hydrogen) atoms. The predicted molar refractivity (Wildman–Crippen MR) is 246 cm³/mol. The van der Waals surface area contributed by atoms with E-state index >= 15 is 0 Å². The Bertz CT molecular complexity index is 3600. The normalized spacial score (nSPS) is 14.2. The fraction of sp³-hybridized carbons (Fsp3) is 0.0566. The van der Waals surface area contributed by atoms with Crippen LogP contribution in [0.3, 0.4) is 0 Å². The molecule has 1 aliphatic carbocycles. The molecule has 0 fully saturated rings. The predicted octanol–water partition coefficient (Wildman–Crippen LogP) is 14.4. The van der Waals surface area contributed by atoms with Crippen LogP contribution < -0.4 is 0 Å². The van der Waals surface area contributed by atoms with Crippen molar-refractivity contribution in [3.63, 3.8) is 0 Å². The second kappa shape index (κ2) is 11.8. The number of nitrogens with zero attached hydrogens (tertiary/aromatic N) is 2. The molecule has 0 aliphatic heterocycles. The zero-order valence-corrected chi connectivity index (χ0v) is 32.3. The summed E-state index contributed by atoms with van der Waals surface area (Å²) in [4.78, 5) is 5.51. The fourth-order valence-electron chi connectivity index (χ4n) is 10.0. The molecule has 3 nitrogen and oxygen atoms in total. The van der Waals surface area contributed by atoms with Gasteiger partial charge in [-0.25, -0.2) is 4.99 Å². The number of fused-ring (bicyclic) bond motifs is 16. The molecule has 1 aliphatic rings. The molecule has 0 spiro atoms. The number of thiophene rings is 1. The van der Waals surface area contributed by atoms with Crippen LogP contribution >= 0.6 is 11.3 Å². The molecule has 0 bridgehead atoms. The first kappa shape index (κ1) is 32.4. The third kappa shape index (κ3) is 4.42. The minimum absolute atomic E-state index is 0.443. The van der Waals surface area contributed by atoms with Gasteiger partial charge in [0.25, 0.3) is 0 Å². The summed E-state index contributed by atoms with van der Waals surface area (Å²) in [5.41, 5.74) is 7.30. The maximum Gasteiger partial charge on any atom is 0.100 e. The van der Waals surface area contributed by atoms with Crippen LogP contribution in [0.4, 0.5) is 0 Å². The lowest BCUT2D eigenvalue weighted by Crippen LogP contribution is -2.23. The molecule has 12 rings (SSSR count). The van der Waals surface area contributed by atoms with Gasteiger partial charge in [0, 0.05) is 58.4 Å². The molecule has 0 saturated carbocycles. The molecule has 11 aromatic rings. The van der Waals surface area contributed by atoms with Crippen molar-refractivity contribution in [2.75, 3.05) is 0 Å². The zero-order valence-electron chi connectivity index (χ0n) is 31.5. The van der Waals surface area contributed by atoms with E-state index in [0.29, 0.717) is 5.71 Å². The zero-order chi connectivity index (χ0) is 38.0. The SMILES string of the molecule is CC1(C)C(C(=N)c2cccc3sc4ccccc4c23)=C(N=Cn2c3ccc4ccccc4c3c3c4c5ccccc5c5ccccc5c4ccc32)c2ccccc21. The van der Waals surface area contributed by atoms with Crippen LogP contribution in [0.15, 0.2) is 174 Å². The monoisotopic (exact) mass is 745 g/mol. The van der Waals surface area contributed by atoms with Crippen molar-refractivity contribution < 1.29 is 0 Å². The van der Waals surface area contributed by atoms with Crippen molar-refractivity contribution in [2.24, 2.45) is 4.99 Å². The van der Waals surface area contributed by atoms with Gasteiger partial charge in [0.15, 0.2) is 0 Å². The number of rotatable bonds is 4. The Kier molecular flexibility index (Phi) is 6.71. The molecule has 268 valence electrons. The number of hydrogen-bond acceptors (Lipinski definition) is 3. The Labute approximate surface area is 332 Å². The summed E-state index contributed by atoms with van der Waals surface area (Å²) in [6.07, 6.45) is 2.02. The van der Waals surface area contributed by atoms with Gasteiger partial charge in [-0.3, -0.25) is 9.98 Å². The van der Waals surface area contributed by atoms with E-state index in [1.165, 1.54) is 74.2 Å². The van der Waals surface area contributed by atoms with Crippen molar-refractivity contribution in [2.45, 2.75) is 19.3 Å². The van der Waals surface area contributed by atoms with Gasteiger partial charge in [-0.1, -0.05) is 153 Å². The van der Waals surface area contributed by atoms with Gasteiger partial charge in [-0.15, -0.1) is 11.3 Å². The van der Waals surface area contributed by atoms with Crippen LogP contribution in [-0.4, -0.2) is 16.6 Å². The Morgan fingerprint density at radius 3 is 1.93 bits per heavy atom. The minimum atomic E-state index is -0.443. The number of allylic oxidation sites excluding steroid dienone is 1. The first-order valence-corrected chi connectivity index (χ1v) is 20.4. The summed E-state index contributed by atoms with van der Waals surface area (Å²) in [5.74, 6) is 0.